The third-order valence-corrected chi connectivity index (χ3v) is 3.37. The van der Waals surface area contributed by atoms with Crippen molar-refractivity contribution in [2.45, 2.75) is 27.4 Å². The first-order chi connectivity index (χ1) is 10.0. The number of rotatable bonds is 4. The van der Waals surface area contributed by atoms with Gasteiger partial charge in [-0.3, -0.25) is 0 Å². The molecule has 0 fully saturated rings. The maximum absolute atomic E-state index is 9.11. The van der Waals surface area contributed by atoms with Crippen LogP contribution in [0.15, 0.2) is 30.3 Å². The van der Waals surface area contributed by atoms with Crippen LogP contribution in [0.2, 0.25) is 0 Å². The first kappa shape index (κ1) is 14.9. The second-order valence-corrected chi connectivity index (χ2v) is 5.16. The third kappa shape index (κ3) is 3.35. The van der Waals surface area contributed by atoms with Gasteiger partial charge in [-0.2, -0.15) is 5.26 Å². The molecule has 0 N–H and O–H groups in total. The number of nitrogens with zero attached hydrogens (tertiary/aromatic N) is 1. The second-order valence-electron chi connectivity index (χ2n) is 5.16. The van der Waals surface area contributed by atoms with Crippen LogP contribution < -0.4 is 9.47 Å². The molecule has 0 radical (unpaired) electrons. The molecule has 0 unspecified atom stereocenters. The third-order valence-electron chi connectivity index (χ3n) is 3.37. The lowest BCUT2D eigenvalue weighted by Crippen LogP contribution is -2.00. The van der Waals surface area contributed by atoms with Gasteiger partial charge in [-0.15, -0.1) is 0 Å². The Balaban J connectivity index is 2.19. The van der Waals surface area contributed by atoms with Crippen LogP contribution in [0.1, 0.15) is 27.8 Å². The first-order valence-electron chi connectivity index (χ1n) is 6.83. The van der Waals surface area contributed by atoms with E-state index >= 15 is 0 Å². The molecule has 0 saturated heterocycles. The Morgan fingerprint density at radius 3 is 2.29 bits per heavy atom. The lowest BCUT2D eigenvalue weighted by Gasteiger charge is -2.13. The summed E-state index contributed by atoms with van der Waals surface area (Å²) in [4.78, 5) is 0. The van der Waals surface area contributed by atoms with Crippen molar-refractivity contribution >= 4 is 0 Å². The fourth-order valence-electron chi connectivity index (χ4n) is 2.48. The van der Waals surface area contributed by atoms with E-state index in [1.54, 1.807) is 19.2 Å². The molecule has 3 heteroatoms. The summed E-state index contributed by atoms with van der Waals surface area (Å²) < 4.78 is 11.1. The van der Waals surface area contributed by atoms with Crippen molar-refractivity contribution in [3.05, 3.63) is 58.1 Å². The van der Waals surface area contributed by atoms with Crippen LogP contribution in [-0.4, -0.2) is 7.11 Å². The zero-order valence-electron chi connectivity index (χ0n) is 12.9. The molecule has 108 valence electrons. The van der Waals surface area contributed by atoms with Crippen molar-refractivity contribution in [2.24, 2.45) is 0 Å². The van der Waals surface area contributed by atoms with E-state index in [-0.39, 0.29) is 0 Å². The van der Waals surface area contributed by atoms with E-state index in [1.165, 1.54) is 5.56 Å². The largest absolute Gasteiger partial charge is 0.495 e. The highest BCUT2D eigenvalue weighted by atomic mass is 16.5. The molecule has 0 spiro atoms. The van der Waals surface area contributed by atoms with E-state index in [9.17, 15) is 0 Å². The molecule has 0 bridgehead atoms. The van der Waals surface area contributed by atoms with Crippen LogP contribution in [0.3, 0.4) is 0 Å². The predicted molar refractivity (Wildman–Crippen MR) is 82.7 cm³/mol. The molecule has 0 aliphatic rings. The molecular formula is C18H19NO2. The highest BCUT2D eigenvalue weighted by molar-refractivity contribution is 5.46. The summed E-state index contributed by atoms with van der Waals surface area (Å²) in [6, 6.07) is 11.9. The van der Waals surface area contributed by atoms with Crippen LogP contribution in [0.5, 0.6) is 11.5 Å². The zero-order chi connectivity index (χ0) is 15.4. The van der Waals surface area contributed by atoms with Gasteiger partial charge in [0.15, 0.2) is 0 Å². The van der Waals surface area contributed by atoms with Crippen LogP contribution in [-0.2, 0) is 6.61 Å². The van der Waals surface area contributed by atoms with Gasteiger partial charge in [0.2, 0.25) is 0 Å². The molecule has 0 heterocycles. The fraction of sp³-hybridized carbons (Fsp3) is 0.278. The quantitative estimate of drug-likeness (QED) is 0.848. The zero-order valence-corrected chi connectivity index (χ0v) is 12.9. The molecule has 0 amide bonds. The minimum atomic E-state index is 0.434. The van der Waals surface area contributed by atoms with Crippen molar-refractivity contribution in [1.82, 2.24) is 0 Å². The van der Waals surface area contributed by atoms with E-state index in [1.807, 2.05) is 19.9 Å². The molecule has 0 saturated carbocycles. The van der Waals surface area contributed by atoms with Gasteiger partial charge in [0.05, 0.1) is 12.7 Å². The molecule has 0 aromatic heterocycles. The highest BCUT2D eigenvalue weighted by Gasteiger charge is 2.07. The molecule has 0 atom stereocenters. The van der Waals surface area contributed by atoms with E-state index in [4.69, 9.17) is 14.7 Å². The second kappa shape index (κ2) is 6.32. The summed E-state index contributed by atoms with van der Waals surface area (Å²) in [6.45, 7) is 6.60. The van der Waals surface area contributed by atoms with Crippen LogP contribution in [0.4, 0.5) is 0 Å². The van der Waals surface area contributed by atoms with Crippen molar-refractivity contribution in [3.8, 4) is 17.6 Å². The highest BCUT2D eigenvalue weighted by Crippen LogP contribution is 2.26. The fourth-order valence-corrected chi connectivity index (χ4v) is 2.48. The summed E-state index contributed by atoms with van der Waals surface area (Å²) >= 11 is 0. The molecule has 21 heavy (non-hydrogen) atoms. The van der Waals surface area contributed by atoms with Gasteiger partial charge in [-0.25, -0.2) is 0 Å². The van der Waals surface area contributed by atoms with Gasteiger partial charge >= 0.3 is 0 Å². The Kier molecular flexibility index (Phi) is 4.49. The number of methoxy groups -OCH3 is 1. The van der Waals surface area contributed by atoms with Gasteiger partial charge in [0.1, 0.15) is 24.2 Å². The molecule has 2 aromatic rings. The molecule has 3 nitrogen and oxygen atoms in total. The average molecular weight is 281 g/mol. The monoisotopic (exact) mass is 281 g/mol. The van der Waals surface area contributed by atoms with E-state index in [0.29, 0.717) is 17.9 Å². The van der Waals surface area contributed by atoms with Crippen LogP contribution >= 0.6 is 0 Å². The summed E-state index contributed by atoms with van der Waals surface area (Å²) in [5, 5.41) is 9.11. The van der Waals surface area contributed by atoms with Gasteiger partial charge in [-0.1, -0.05) is 23.8 Å². The Morgan fingerprint density at radius 2 is 1.71 bits per heavy atom. The van der Waals surface area contributed by atoms with E-state index in [0.717, 1.165) is 22.4 Å². The normalized spacial score (nSPS) is 10.0. The Morgan fingerprint density at radius 1 is 1.05 bits per heavy atom. The van der Waals surface area contributed by atoms with Gasteiger partial charge in [0.25, 0.3) is 0 Å². The standard InChI is InChI=1S/C18H19NO2/c1-12-7-13(2)18(14(3)8-12)21-11-15-5-6-17(20-4)16(9-15)10-19/h5-9H,11H2,1-4H3. The molecular weight excluding hydrogens is 262 g/mol. The summed E-state index contributed by atoms with van der Waals surface area (Å²) in [5.74, 6) is 1.50. The Bertz CT molecular complexity index is 676. The number of aryl methyl sites for hydroxylation is 3. The summed E-state index contributed by atoms with van der Waals surface area (Å²) in [5.41, 5.74) is 4.96. The van der Waals surface area contributed by atoms with Crippen molar-refractivity contribution in [2.75, 3.05) is 7.11 Å². The van der Waals surface area contributed by atoms with E-state index < -0.39 is 0 Å². The minimum absolute atomic E-state index is 0.434. The Labute approximate surface area is 125 Å². The molecule has 0 aliphatic carbocycles. The number of ether oxygens (including phenoxy) is 2. The van der Waals surface area contributed by atoms with Crippen molar-refractivity contribution in [1.29, 1.82) is 5.26 Å². The van der Waals surface area contributed by atoms with Gasteiger partial charge < -0.3 is 9.47 Å². The Hall–Kier alpha value is -2.47. The maximum atomic E-state index is 9.11. The average Bonchev–Trinajstić information content (AvgIpc) is 2.45. The smallest absolute Gasteiger partial charge is 0.136 e. The van der Waals surface area contributed by atoms with Gasteiger partial charge in [0, 0.05) is 0 Å². The van der Waals surface area contributed by atoms with Crippen molar-refractivity contribution in [3.63, 3.8) is 0 Å². The maximum Gasteiger partial charge on any atom is 0.136 e. The predicted octanol–water partition coefficient (Wildman–Crippen LogP) is 4.07. The van der Waals surface area contributed by atoms with E-state index in [2.05, 4.69) is 25.1 Å². The number of hydrogen-bond acceptors (Lipinski definition) is 3. The molecule has 2 rings (SSSR count). The summed E-state index contributed by atoms with van der Waals surface area (Å²) in [6.07, 6.45) is 0. The molecule has 2 aromatic carbocycles. The van der Waals surface area contributed by atoms with Crippen LogP contribution in [0.25, 0.3) is 0 Å². The van der Waals surface area contributed by atoms with Crippen LogP contribution in [0, 0.1) is 32.1 Å². The first-order valence-corrected chi connectivity index (χ1v) is 6.83. The summed E-state index contributed by atoms with van der Waals surface area (Å²) in [7, 11) is 1.56. The van der Waals surface area contributed by atoms with Gasteiger partial charge in [-0.05, 0) is 49.6 Å². The van der Waals surface area contributed by atoms with Crippen molar-refractivity contribution < 1.29 is 9.47 Å². The number of hydrogen-bond donors (Lipinski definition) is 0. The number of benzene rings is 2. The topological polar surface area (TPSA) is 42.2 Å². The lowest BCUT2D eigenvalue weighted by atomic mass is 10.1. The SMILES string of the molecule is COc1ccc(COc2c(C)cc(C)cc2C)cc1C#N. The minimum Gasteiger partial charge on any atom is -0.495 e. The lowest BCUT2D eigenvalue weighted by molar-refractivity contribution is 0.301. The molecule has 0 aliphatic heterocycles. The number of nitriles is 1.